The molecule has 1 aliphatic carbocycles. The highest BCUT2D eigenvalue weighted by molar-refractivity contribution is 5.32. The molecule has 2 rings (SSSR count). The molecule has 0 aromatic heterocycles. The summed E-state index contributed by atoms with van der Waals surface area (Å²) < 4.78 is 0. The smallest absolute Gasteiger partial charge is 0.0774 e. The summed E-state index contributed by atoms with van der Waals surface area (Å²) in [5.41, 5.74) is 3.45. The van der Waals surface area contributed by atoms with Gasteiger partial charge in [0.2, 0.25) is 0 Å². The number of aliphatic hydroxyl groups is 1. The predicted octanol–water partition coefficient (Wildman–Crippen LogP) is 3.90. The quantitative estimate of drug-likeness (QED) is 0.873. The summed E-state index contributed by atoms with van der Waals surface area (Å²) in [5, 5.41) is 14.2. The molecule has 0 heterocycles. The Balaban J connectivity index is 1.97. The van der Waals surface area contributed by atoms with Crippen LogP contribution in [0.1, 0.15) is 62.3 Å². The van der Waals surface area contributed by atoms with E-state index in [0.717, 1.165) is 19.3 Å². The Kier molecular flexibility index (Phi) is 4.87. The minimum absolute atomic E-state index is 0.288. The van der Waals surface area contributed by atoms with Crippen molar-refractivity contribution < 1.29 is 5.11 Å². The van der Waals surface area contributed by atoms with Crippen molar-refractivity contribution in [2.24, 2.45) is 5.92 Å². The zero-order valence-electron chi connectivity index (χ0n) is 13.4. The molecule has 2 N–H and O–H groups in total. The summed E-state index contributed by atoms with van der Waals surface area (Å²) in [7, 11) is 0. The first-order chi connectivity index (χ1) is 9.39. The van der Waals surface area contributed by atoms with Gasteiger partial charge in [-0.3, -0.25) is 0 Å². The summed E-state index contributed by atoms with van der Waals surface area (Å²) in [6.07, 6.45) is 4.27. The second-order valence-corrected chi connectivity index (χ2v) is 6.89. The fourth-order valence-electron chi connectivity index (χ4n) is 3.47. The summed E-state index contributed by atoms with van der Waals surface area (Å²) in [5.74, 6) is 0.645. The number of aryl methyl sites for hydroxylation is 2. The molecule has 0 saturated heterocycles. The summed E-state index contributed by atoms with van der Waals surface area (Å²) >= 11 is 0. The minimum Gasteiger partial charge on any atom is -0.389 e. The molecule has 1 saturated carbocycles. The van der Waals surface area contributed by atoms with Crippen molar-refractivity contribution in [1.82, 2.24) is 5.32 Å². The fraction of sp³-hybridized carbons (Fsp3) is 0.667. The van der Waals surface area contributed by atoms with Gasteiger partial charge >= 0.3 is 0 Å². The van der Waals surface area contributed by atoms with Gasteiger partial charge < -0.3 is 10.4 Å². The normalized spacial score (nSPS) is 28.4. The highest BCUT2D eigenvalue weighted by atomic mass is 16.3. The molecular weight excluding hydrogens is 246 g/mol. The Morgan fingerprint density at radius 2 is 2.15 bits per heavy atom. The van der Waals surface area contributed by atoms with Crippen LogP contribution in [-0.2, 0) is 0 Å². The predicted molar refractivity (Wildman–Crippen MR) is 84.9 cm³/mol. The van der Waals surface area contributed by atoms with Gasteiger partial charge in [-0.15, -0.1) is 0 Å². The van der Waals surface area contributed by atoms with Gasteiger partial charge in [0.05, 0.1) is 5.60 Å². The third-order valence-electron chi connectivity index (χ3n) is 4.71. The monoisotopic (exact) mass is 275 g/mol. The second kappa shape index (κ2) is 6.28. The van der Waals surface area contributed by atoms with E-state index in [1.165, 1.54) is 23.1 Å². The van der Waals surface area contributed by atoms with Crippen molar-refractivity contribution in [1.29, 1.82) is 0 Å². The Labute approximate surface area is 123 Å². The first kappa shape index (κ1) is 15.5. The van der Waals surface area contributed by atoms with Gasteiger partial charge in [0, 0.05) is 12.6 Å². The summed E-state index contributed by atoms with van der Waals surface area (Å²) in [6.45, 7) is 9.43. The number of rotatable bonds is 4. The van der Waals surface area contributed by atoms with Crippen LogP contribution in [0.3, 0.4) is 0 Å². The van der Waals surface area contributed by atoms with E-state index in [0.29, 0.717) is 12.5 Å². The summed E-state index contributed by atoms with van der Waals surface area (Å²) in [4.78, 5) is 0. The maximum absolute atomic E-state index is 10.7. The third kappa shape index (κ3) is 3.83. The van der Waals surface area contributed by atoms with E-state index in [1.54, 1.807) is 0 Å². The lowest BCUT2D eigenvalue weighted by molar-refractivity contribution is -0.0134. The highest BCUT2D eigenvalue weighted by Crippen LogP contribution is 2.32. The Hall–Kier alpha value is -0.860. The van der Waals surface area contributed by atoms with E-state index in [2.05, 4.69) is 51.2 Å². The Morgan fingerprint density at radius 1 is 1.40 bits per heavy atom. The van der Waals surface area contributed by atoms with Crippen LogP contribution in [0.5, 0.6) is 0 Å². The molecule has 1 aromatic rings. The van der Waals surface area contributed by atoms with Crippen molar-refractivity contribution in [2.45, 2.75) is 65.0 Å². The number of nitrogens with one attached hydrogen (secondary N) is 1. The molecule has 1 aliphatic rings. The van der Waals surface area contributed by atoms with E-state index in [1.807, 2.05) is 0 Å². The lowest BCUT2D eigenvalue weighted by atomic mass is 9.79. The van der Waals surface area contributed by atoms with Crippen LogP contribution in [0.2, 0.25) is 0 Å². The largest absolute Gasteiger partial charge is 0.389 e. The van der Waals surface area contributed by atoms with Gasteiger partial charge in [0.1, 0.15) is 0 Å². The number of hydrogen-bond donors (Lipinski definition) is 2. The molecule has 0 amide bonds. The SMILES string of the molecule is Cc1ccc(C)c(C(C)NCC2(O)CCCC(C)C2)c1. The van der Waals surface area contributed by atoms with Gasteiger partial charge in [-0.2, -0.15) is 0 Å². The van der Waals surface area contributed by atoms with Crippen LogP contribution in [0, 0.1) is 19.8 Å². The molecule has 0 radical (unpaired) electrons. The Morgan fingerprint density at radius 3 is 2.85 bits per heavy atom. The van der Waals surface area contributed by atoms with Gasteiger partial charge in [-0.1, -0.05) is 43.5 Å². The Bertz CT molecular complexity index is 457. The lowest BCUT2D eigenvalue weighted by Crippen LogP contribution is -2.44. The van der Waals surface area contributed by atoms with Crippen molar-refractivity contribution >= 4 is 0 Å². The van der Waals surface area contributed by atoms with Crippen molar-refractivity contribution in [3.63, 3.8) is 0 Å². The number of benzene rings is 1. The average Bonchev–Trinajstić information content (AvgIpc) is 2.39. The topological polar surface area (TPSA) is 32.3 Å². The third-order valence-corrected chi connectivity index (χ3v) is 4.71. The molecule has 3 atom stereocenters. The zero-order valence-corrected chi connectivity index (χ0v) is 13.4. The standard InChI is InChI=1S/C18H29NO/c1-13-7-8-15(3)17(10-13)16(4)19-12-18(20)9-5-6-14(2)11-18/h7-8,10,14,16,19-20H,5-6,9,11-12H2,1-4H3. The van der Waals surface area contributed by atoms with E-state index >= 15 is 0 Å². The molecule has 112 valence electrons. The summed E-state index contributed by atoms with van der Waals surface area (Å²) in [6, 6.07) is 6.87. The lowest BCUT2D eigenvalue weighted by Gasteiger charge is -2.36. The van der Waals surface area contributed by atoms with Crippen LogP contribution in [0.4, 0.5) is 0 Å². The minimum atomic E-state index is -0.510. The van der Waals surface area contributed by atoms with Gasteiger partial charge in [-0.25, -0.2) is 0 Å². The van der Waals surface area contributed by atoms with Crippen LogP contribution in [0.25, 0.3) is 0 Å². The molecule has 1 fully saturated rings. The number of hydrogen-bond acceptors (Lipinski definition) is 2. The average molecular weight is 275 g/mol. The van der Waals surface area contributed by atoms with E-state index in [4.69, 9.17) is 0 Å². The fourth-order valence-corrected chi connectivity index (χ4v) is 3.47. The first-order valence-electron chi connectivity index (χ1n) is 7.92. The van der Waals surface area contributed by atoms with E-state index in [9.17, 15) is 5.11 Å². The van der Waals surface area contributed by atoms with Gasteiger partial charge in [0.25, 0.3) is 0 Å². The van der Waals surface area contributed by atoms with Crippen molar-refractivity contribution in [3.05, 3.63) is 34.9 Å². The first-order valence-corrected chi connectivity index (χ1v) is 7.92. The molecule has 1 aromatic carbocycles. The molecular formula is C18H29NO. The highest BCUT2D eigenvalue weighted by Gasteiger charge is 2.32. The maximum Gasteiger partial charge on any atom is 0.0774 e. The van der Waals surface area contributed by atoms with Crippen LogP contribution >= 0.6 is 0 Å². The van der Waals surface area contributed by atoms with Gasteiger partial charge in [0.15, 0.2) is 0 Å². The molecule has 2 nitrogen and oxygen atoms in total. The van der Waals surface area contributed by atoms with Gasteiger partial charge in [-0.05, 0) is 50.7 Å². The van der Waals surface area contributed by atoms with Crippen LogP contribution in [0.15, 0.2) is 18.2 Å². The van der Waals surface area contributed by atoms with E-state index in [-0.39, 0.29) is 6.04 Å². The second-order valence-electron chi connectivity index (χ2n) is 6.89. The molecule has 0 bridgehead atoms. The van der Waals surface area contributed by atoms with Crippen molar-refractivity contribution in [2.75, 3.05) is 6.54 Å². The molecule has 0 spiro atoms. The molecule has 20 heavy (non-hydrogen) atoms. The zero-order chi connectivity index (χ0) is 14.8. The van der Waals surface area contributed by atoms with Crippen LogP contribution < -0.4 is 5.32 Å². The molecule has 0 aliphatic heterocycles. The van der Waals surface area contributed by atoms with Crippen LogP contribution in [-0.4, -0.2) is 17.3 Å². The maximum atomic E-state index is 10.7. The van der Waals surface area contributed by atoms with Crippen molar-refractivity contribution in [3.8, 4) is 0 Å². The molecule has 3 unspecified atom stereocenters. The molecule has 2 heteroatoms. The van der Waals surface area contributed by atoms with E-state index < -0.39 is 5.60 Å².